The van der Waals surface area contributed by atoms with Crippen LogP contribution in [-0.4, -0.2) is 42.8 Å². The second-order valence-electron chi connectivity index (χ2n) is 6.27. The van der Waals surface area contributed by atoms with Crippen molar-refractivity contribution in [2.24, 2.45) is 10.9 Å². The standard InChI is InChI=1S/C17H23N3S/c1-12-4-6-14(18-11-12)13-5-7-16-15(10-13)19-17(21-16)8-9-20(2)3/h5,7,10,12H,4,6,8-9,11H2,1-3H3. The zero-order valence-corrected chi connectivity index (χ0v) is 13.9. The third kappa shape index (κ3) is 3.50. The second-order valence-corrected chi connectivity index (χ2v) is 7.39. The minimum atomic E-state index is 0.731. The van der Waals surface area contributed by atoms with Crippen LogP contribution in [0.25, 0.3) is 10.2 Å². The number of likely N-dealkylation sites (N-methyl/N-ethyl adjacent to an activating group) is 1. The fourth-order valence-electron chi connectivity index (χ4n) is 2.64. The summed E-state index contributed by atoms with van der Waals surface area (Å²) in [4.78, 5) is 11.7. The normalized spacial score (nSPS) is 19.2. The summed E-state index contributed by atoms with van der Waals surface area (Å²) in [6.07, 6.45) is 3.38. The highest BCUT2D eigenvalue weighted by Gasteiger charge is 2.14. The minimum absolute atomic E-state index is 0.731. The van der Waals surface area contributed by atoms with Gasteiger partial charge in [-0.05, 0) is 50.6 Å². The molecule has 0 saturated heterocycles. The van der Waals surface area contributed by atoms with E-state index in [-0.39, 0.29) is 0 Å². The molecule has 0 aliphatic carbocycles. The molecule has 1 aromatic heterocycles. The molecule has 0 amide bonds. The summed E-state index contributed by atoms with van der Waals surface area (Å²) in [5, 5.41) is 1.23. The number of rotatable bonds is 4. The Hall–Kier alpha value is -1.26. The van der Waals surface area contributed by atoms with Crippen LogP contribution in [0.2, 0.25) is 0 Å². The lowest BCUT2D eigenvalue weighted by Gasteiger charge is -2.17. The molecule has 0 N–H and O–H groups in total. The van der Waals surface area contributed by atoms with Crippen molar-refractivity contribution in [2.75, 3.05) is 27.2 Å². The van der Waals surface area contributed by atoms with Crippen molar-refractivity contribution in [3.8, 4) is 0 Å². The van der Waals surface area contributed by atoms with Crippen molar-refractivity contribution in [1.82, 2.24) is 9.88 Å². The Labute approximate surface area is 130 Å². The summed E-state index contributed by atoms with van der Waals surface area (Å²) in [6, 6.07) is 6.65. The van der Waals surface area contributed by atoms with E-state index in [1.54, 1.807) is 0 Å². The van der Waals surface area contributed by atoms with Gasteiger partial charge in [-0.1, -0.05) is 13.0 Å². The highest BCUT2D eigenvalue weighted by Crippen LogP contribution is 2.25. The molecule has 0 radical (unpaired) electrons. The third-order valence-corrected chi connectivity index (χ3v) is 5.10. The molecule has 4 heteroatoms. The number of hydrogen-bond donors (Lipinski definition) is 0. The number of nitrogens with zero attached hydrogens (tertiary/aromatic N) is 3. The van der Waals surface area contributed by atoms with Gasteiger partial charge in [0.1, 0.15) is 0 Å². The zero-order valence-electron chi connectivity index (χ0n) is 13.1. The molecule has 2 heterocycles. The maximum absolute atomic E-state index is 4.79. The molecule has 1 atom stereocenters. The number of aromatic nitrogens is 1. The van der Waals surface area contributed by atoms with Crippen LogP contribution in [0.3, 0.4) is 0 Å². The van der Waals surface area contributed by atoms with E-state index in [1.165, 1.54) is 27.4 Å². The van der Waals surface area contributed by atoms with Gasteiger partial charge in [-0.25, -0.2) is 4.98 Å². The molecule has 1 aromatic carbocycles. The summed E-state index contributed by atoms with van der Waals surface area (Å²) in [7, 11) is 4.21. The predicted octanol–water partition coefficient (Wildman–Crippen LogP) is 3.62. The summed E-state index contributed by atoms with van der Waals surface area (Å²) in [6.45, 7) is 4.30. The number of fused-ring (bicyclic) bond motifs is 1. The number of aliphatic imine (C=N–C) groups is 1. The van der Waals surface area contributed by atoms with Gasteiger partial charge in [0.25, 0.3) is 0 Å². The molecule has 0 saturated carbocycles. The van der Waals surface area contributed by atoms with E-state index in [0.717, 1.165) is 37.4 Å². The van der Waals surface area contributed by atoms with E-state index in [2.05, 4.69) is 44.1 Å². The Balaban J connectivity index is 1.83. The Morgan fingerprint density at radius 3 is 2.90 bits per heavy atom. The average Bonchev–Trinajstić information content (AvgIpc) is 2.88. The van der Waals surface area contributed by atoms with Crippen LogP contribution in [0.15, 0.2) is 23.2 Å². The van der Waals surface area contributed by atoms with E-state index in [0.29, 0.717) is 0 Å². The van der Waals surface area contributed by atoms with Gasteiger partial charge in [0, 0.05) is 25.2 Å². The first kappa shape index (κ1) is 14.7. The molecule has 3 rings (SSSR count). The van der Waals surface area contributed by atoms with E-state index in [4.69, 9.17) is 9.98 Å². The Morgan fingerprint density at radius 2 is 2.19 bits per heavy atom. The molecule has 1 aliphatic heterocycles. The number of hydrogen-bond acceptors (Lipinski definition) is 4. The molecule has 112 valence electrons. The van der Waals surface area contributed by atoms with Crippen molar-refractivity contribution in [2.45, 2.75) is 26.2 Å². The van der Waals surface area contributed by atoms with Crippen molar-refractivity contribution in [3.63, 3.8) is 0 Å². The van der Waals surface area contributed by atoms with Crippen molar-refractivity contribution in [3.05, 3.63) is 28.8 Å². The van der Waals surface area contributed by atoms with Gasteiger partial charge in [-0.2, -0.15) is 0 Å². The van der Waals surface area contributed by atoms with Crippen LogP contribution in [0.4, 0.5) is 0 Å². The lowest BCUT2D eigenvalue weighted by Crippen LogP contribution is -2.14. The van der Waals surface area contributed by atoms with Gasteiger partial charge in [-0.3, -0.25) is 4.99 Å². The largest absolute Gasteiger partial charge is 0.309 e. The molecular weight excluding hydrogens is 278 g/mol. The van der Waals surface area contributed by atoms with Crippen LogP contribution in [-0.2, 0) is 6.42 Å². The first-order valence-corrected chi connectivity index (χ1v) is 8.51. The second kappa shape index (κ2) is 6.24. The highest BCUT2D eigenvalue weighted by molar-refractivity contribution is 7.18. The van der Waals surface area contributed by atoms with Crippen LogP contribution >= 0.6 is 11.3 Å². The fraction of sp³-hybridized carbons (Fsp3) is 0.529. The van der Waals surface area contributed by atoms with Gasteiger partial charge in [0.2, 0.25) is 0 Å². The summed E-state index contributed by atoms with van der Waals surface area (Å²) >= 11 is 1.82. The van der Waals surface area contributed by atoms with Gasteiger partial charge >= 0.3 is 0 Å². The van der Waals surface area contributed by atoms with E-state index >= 15 is 0 Å². The monoisotopic (exact) mass is 301 g/mol. The topological polar surface area (TPSA) is 28.5 Å². The maximum atomic E-state index is 4.79. The maximum Gasteiger partial charge on any atom is 0.0951 e. The average molecular weight is 301 g/mol. The van der Waals surface area contributed by atoms with Crippen molar-refractivity contribution in [1.29, 1.82) is 0 Å². The fourth-order valence-corrected chi connectivity index (χ4v) is 3.57. The molecule has 21 heavy (non-hydrogen) atoms. The molecule has 0 fully saturated rings. The third-order valence-electron chi connectivity index (χ3n) is 4.01. The van der Waals surface area contributed by atoms with Crippen LogP contribution in [0.1, 0.15) is 30.3 Å². The Morgan fingerprint density at radius 1 is 1.33 bits per heavy atom. The van der Waals surface area contributed by atoms with E-state index in [1.807, 2.05) is 11.3 Å². The van der Waals surface area contributed by atoms with Gasteiger partial charge in [0.15, 0.2) is 0 Å². The lowest BCUT2D eigenvalue weighted by molar-refractivity contribution is 0.413. The number of thiazole rings is 1. The molecule has 3 nitrogen and oxygen atoms in total. The summed E-state index contributed by atoms with van der Waals surface area (Å²) in [5.74, 6) is 0.731. The number of benzene rings is 1. The minimum Gasteiger partial charge on any atom is -0.309 e. The summed E-state index contributed by atoms with van der Waals surface area (Å²) in [5.41, 5.74) is 3.66. The molecule has 0 bridgehead atoms. The molecule has 2 aromatic rings. The SMILES string of the molecule is CC1CCC(c2ccc3sc(CCN(C)C)nc3c2)=NC1. The predicted molar refractivity (Wildman–Crippen MR) is 91.7 cm³/mol. The molecular formula is C17H23N3S. The lowest BCUT2D eigenvalue weighted by atomic mass is 9.96. The van der Waals surface area contributed by atoms with Crippen molar-refractivity contribution >= 4 is 27.3 Å². The quantitative estimate of drug-likeness (QED) is 0.863. The van der Waals surface area contributed by atoms with Crippen LogP contribution in [0, 0.1) is 5.92 Å². The van der Waals surface area contributed by atoms with Gasteiger partial charge in [-0.15, -0.1) is 11.3 Å². The van der Waals surface area contributed by atoms with Crippen LogP contribution < -0.4 is 0 Å². The molecule has 0 spiro atoms. The van der Waals surface area contributed by atoms with Crippen LogP contribution in [0.5, 0.6) is 0 Å². The molecule has 1 aliphatic rings. The Kier molecular flexibility index (Phi) is 4.36. The first-order valence-electron chi connectivity index (χ1n) is 7.69. The molecule has 1 unspecified atom stereocenters. The Bertz CT molecular complexity index is 657. The van der Waals surface area contributed by atoms with Gasteiger partial charge in [0.05, 0.1) is 15.2 Å². The first-order chi connectivity index (χ1) is 10.1. The smallest absolute Gasteiger partial charge is 0.0951 e. The highest BCUT2D eigenvalue weighted by atomic mass is 32.1. The van der Waals surface area contributed by atoms with E-state index in [9.17, 15) is 0 Å². The van der Waals surface area contributed by atoms with Gasteiger partial charge < -0.3 is 4.90 Å². The summed E-state index contributed by atoms with van der Waals surface area (Å²) < 4.78 is 1.29. The van der Waals surface area contributed by atoms with E-state index < -0.39 is 0 Å². The zero-order chi connectivity index (χ0) is 14.8. The van der Waals surface area contributed by atoms with Crippen molar-refractivity contribution < 1.29 is 0 Å².